The second kappa shape index (κ2) is 5.17. The maximum Gasteiger partial charge on any atom is 0.126 e. The average molecular weight is 261 g/mol. The monoisotopic (exact) mass is 261 g/mol. The van der Waals surface area contributed by atoms with Crippen molar-refractivity contribution in [2.75, 3.05) is 7.11 Å². The SMILES string of the molecule is C=Nc1cccc2cccc(-c3ccccc3OC)c12. The average Bonchev–Trinajstić information content (AvgIpc) is 2.53. The van der Waals surface area contributed by atoms with Crippen LogP contribution >= 0.6 is 0 Å². The van der Waals surface area contributed by atoms with Crippen LogP contribution < -0.4 is 4.74 Å². The molecule has 0 aliphatic rings. The summed E-state index contributed by atoms with van der Waals surface area (Å²) < 4.78 is 5.48. The Morgan fingerprint density at radius 3 is 2.30 bits per heavy atom. The van der Waals surface area contributed by atoms with Crippen LogP contribution in [0.1, 0.15) is 0 Å². The quantitative estimate of drug-likeness (QED) is 0.618. The highest BCUT2D eigenvalue weighted by molar-refractivity contribution is 6.05. The Kier molecular flexibility index (Phi) is 3.21. The van der Waals surface area contributed by atoms with E-state index in [0.717, 1.165) is 33.3 Å². The number of rotatable bonds is 3. The van der Waals surface area contributed by atoms with Gasteiger partial charge >= 0.3 is 0 Å². The van der Waals surface area contributed by atoms with Crippen molar-refractivity contribution in [2.45, 2.75) is 0 Å². The van der Waals surface area contributed by atoms with E-state index in [1.165, 1.54) is 0 Å². The molecule has 2 nitrogen and oxygen atoms in total. The molecule has 0 bridgehead atoms. The number of hydrogen-bond donors (Lipinski definition) is 0. The molecule has 0 N–H and O–H groups in total. The van der Waals surface area contributed by atoms with Crippen molar-refractivity contribution in [3.63, 3.8) is 0 Å². The van der Waals surface area contributed by atoms with Crippen molar-refractivity contribution in [3.05, 3.63) is 60.7 Å². The summed E-state index contributed by atoms with van der Waals surface area (Å²) in [5, 5.41) is 2.26. The number of benzene rings is 3. The Morgan fingerprint density at radius 1 is 0.850 bits per heavy atom. The molecule has 3 rings (SSSR count). The molecule has 98 valence electrons. The summed E-state index contributed by atoms with van der Waals surface area (Å²) >= 11 is 0. The van der Waals surface area contributed by atoms with Gasteiger partial charge in [-0.3, -0.25) is 4.99 Å². The number of aliphatic imine (C=N–C) groups is 1. The predicted molar refractivity (Wildman–Crippen MR) is 85.1 cm³/mol. The van der Waals surface area contributed by atoms with Crippen molar-refractivity contribution in [1.82, 2.24) is 0 Å². The molecule has 0 saturated heterocycles. The molecule has 0 saturated carbocycles. The Morgan fingerprint density at radius 2 is 1.55 bits per heavy atom. The lowest BCUT2D eigenvalue weighted by Gasteiger charge is -2.12. The largest absolute Gasteiger partial charge is 0.496 e. The molecule has 2 heteroatoms. The zero-order valence-electron chi connectivity index (χ0n) is 11.3. The smallest absolute Gasteiger partial charge is 0.126 e. The van der Waals surface area contributed by atoms with Gasteiger partial charge in [-0.15, -0.1) is 0 Å². The number of para-hydroxylation sites is 1. The zero-order valence-corrected chi connectivity index (χ0v) is 11.3. The summed E-state index contributed by atoms with van der Waals surface area (Å²) in [4.78, 5) is 4.15. The summed E-state index contributed by atoms with van der Waals surface area (Å²) in [5.74, 6) is 0.860. The van der Waals surface area contributed by atoms with Gasteiger partial charge in [-0.25, -0.2) is 0 Å². The molecule has 0 unspecified atom stereocenters. The minimum atomic E-state index is 0.860. The van der Waals surface area contributed by atoms with E-state index >= 15 is 0 Å². The lowest BCUT2D eigenvalue weighted by molar-refractivity contribution is 0.416. The summed E-state index contributed by atoms with van der Waals surface area (Å²) in [7, 11) is 1.69. The van der Waals surface area contributed by atoms with Gasteiger partial charge in [0.25, 0.3) is 0 Å². The van der Waals surface area contributed by atoms with Gasteiger partial charge in [-0.2, -0.15) is 0 Å². The van der Waals surface area contributed by atoms with E-state index in [0.29, 0.717) is 0 Å². The van der Waals surface area contributed by atoms with E-state index in [4.69, 9.17) is 4.74 Å². The first kappa shape index (κ1) is 12.4. The number of methoxy groups -OCH3 is 1. The number of hydrogen-bond acceptors (Lipinski definition) is 2. The number of fused-ring (bicyclic) bond motifs is 1. The Hall–Kier alpha value is -2.61. The molecule has 0 spiro atoms. The summed E-state index contributed by atoms with van der Waals surface area (Å²) in [6, 6.07) is 20.3. The van der Waals surface area contributed by atoms with Gasteiger partial charge in [0.05, 0.1) is 12.8 Å². The maximum atomic E-state index is 5.48. The normalized spacial score (nSPS) is 10.4. The van der Waals surface area contributed by atoms with Gasteiger partial charge in [0.15, 0.2) is 0 Å². The Balaban J connectivity index is 2.39. The summed E-state index contributed by atoms with van der Waals surface area (Å²) in [6.07, 6.45) is 0. The minimum absolute atomic E-state index is 0.860. The third-order valence-electron chi connectivity index (χ3n) is 3.45. The van der Waals surface area contributed by atoms with Crippen LogP contribution in [-0.2, 0) is 0 Å². The molecule has 0 atom stereocenters. The first-order valence-electron chi connectivity index (χ1n) is 6.47. The van der Waals surface area contributed by atoms with E-state index in [2.05, 4.69) is 42.0 Å². The van der Waals surface area contributed by atoms with Crippen LogP contribution in [0.4, 0.5) is 5.69 Å². The van der Waals surface area contributed by atoms with E-state index in [1.54, 1.807) is 7.11 Å². The third kappa shape index (κ3) is 1.95. The maximum absolute atomic E-state index is 5.48. The number of ether oxygens (including phenoxy) is 1. The first-order chi connectivity index (χ1) is 9.85. The van der Waals surface area contributed by atoms with Crippen molar-refractivity contribution in [1.29, 1.82) is 0 Å². The van der Waals surface area contributed by atoms with Crippen LogP contribution in [0.25, 0.3) is 21.9 Å². The van der Waals surface area contributed by atoms with Gasteiger partial charge in [0.2, 0.25) is 0 Å². The minimum Gasteiger partial charge on any atom is -0.496 e. The number of nitrogens with zero attached hydrogens (tertiary/aromatic N) is 1. The van der Waals surface area contributed by atoms with Crippen LogP contribution in [0.3, 0.4) is 0 Å². The van der Waals surface area contributed by atoms with Gasteiger partial charge in [-0.1, -0.05) is 48.5 Å². The lowest BCUT2D eigenvalue weighted by Crippen LogP contribution is -1.88. The van der Waals surface area contributed by atoms with Gasteiger partial charge < -0.3 is 4.74 Å². The zero-order chi connectivity index (χ0) is 13.9. The van der Waals surface area contributed by atoms with Gasteiger partial charge in [-0.05, 0) is 29.8 Å². The molecular formula is C18H15NO. The molecule has 0 amide bonds. The summed E-state index contributed by atoms with van der Waals surface area (Å²) in [6.45, 7) is 3.68. The van der Waals surface area contributed by atoms with E-state index in [-0.39, 0.29) is 0 Å². The Labute approximate surface area is 118 Å². The highest BCUT2D eigenvalue weighted by Crippen LogP contribution is 2.38. The van der Waals surface area contributed by atoms with Gasteiger partial charge in [0.1, 0.15) is 5.75 Å². The van der Waals surface area contributed by atoms with Crippen molar-refractivity contribution in [2.24, 2.45) is 4.99 Å². The highest BCUT2D eigenvalue weighted by Gasteiger charge is 2.10. The first-order valence-corrected chi connectivity index (χ1v) is 6.47. The second-order valence-electron chi connectivity index (χ2n) is 4.54. The van der Waals surface area contributed by atoms with Crippen LogP contribution in [-0.4, -0.2) is 13.8 Å². The molecule has 0 fully saturated rings. The molecular weight excluding hydrogens is 246 g/mol. The standard InChI is InChI=1S/C18H15NO/c1-19-16-11-6-8-13-7-5-10-15(18(13)16)14-9-3-4-12-17(14)20-2/h3-12H,1H2,2H3. The Bertz CT molecular complexity index is 772. The summed E-state index contributed by atoms with van der Waals surface area (Å²) in [5.41, 5.74) is 3.07. The molecule has 20 heavy (non-hydrogen) atoms. The van der Waals surface area contributed by atoms with E-state index in [9.17, 15) is 0 Å². The molecule has 0 heterocycles. The fourth-order valence-electron chi connectivity index (χ4n) is 2.54. The molecule has 3 aromatic carbocycles. The second-order valence-corrected chi connectivity index (χ2v) is 4.54. The molecule has 3 aromatic rings. The van der Waals surface area contributed by atoms with E-state index in [1.807, 2.05) is 30.3 Å². The lowest BCUT2D eigenvalue weighted by atomic mass is 9.96. The van der Waals surface area contributed by atoms with Crippen molar-refractivity contribution >= 4 is 23.2 Å². The predicted octanol–water partition coefficient (Wildman–Crippen LogP) is 4.85. The molecule has 0 aromatic heterocycles. The highest BCUT2D eigenvalue weighted by atomic mass is 16.5. The van der Waals surface area contributed by atoms with Crippen molar-refractivity contribution in [3.8, 4) is 16.9 Å². The van der Waals surface area contributed by atoms with Crippen LogP contribution in [0.5, 0.6) is 5.75 Å². The fraction of sp³-hybridized carbons (Fsp3) is 0.0556. The fourth-order valence-corrected chi connectivity index (χ4v) is 2.54. The van der Waals surface area contributed by atoms with Crippen LogP contribution in [0, 0.1) is 0 Å². The van der Waals surface area contributed by atoms with Crippen LogP contribution in [0.15, 0.2) is 65.7 Å². The molecule has 0 aliphatic carbocycles. The topological polar surface area (TPSA) is 21.6 Å². The van der Waals surface area contributed by atoms with Crippen molar-refractivity contribution < 1.29 is 4.74 Å². The van der Waals surface area contributed by atoms with Crippen LogP contribution in [0.2, 0.25) is 0 Å². The van der Waals surface area contributed by atoms with Gasteiger partial charge in [0, 0.05) is 10.9 Å². The molecule has 0 aliphatic heterocycles. The third-order valence-corrected chi connectivity index (χ3v) is 3.45. The van der Waals surface area contributed by atoms with E-state index < -0.39 is 0 Å². The molecule has 0 radical (unpaired) electrons.